The SMILES string of the molecule is CCOC(=O)c1cnc2c(NC(=O)c3c(Cl)cccc3Cl)cccc2c1CC(N)=O. The third-order valence-corrected chi connectivity index (χ3v) is 4.92. The summed E-state index contributed by atoms with van der Waals surface area (Å²) in [7, 11) is 0. The van der Waals surface area contributed by atoms with Crippen molar-refractivity contribution >= 4 is 57.6 Å². The Hall–Kier alpha value is -3.16. The quantitative estimate of drug-likeness (QED) is 0.556. The second-order valence-corrected chi connectivity index (χ2v) is 7.08. The molecule has 0 spiro atoms. The molecule has 0 saturated carbocycles. The van der Waals surface area contributed by atoms with E-state index in [9.17, 15) is 14.4 Å². The number of hydrogen-bond donors (Lipinski definition) is 2. The highest BCUT2D eigenvalue weighted by atomic mass is 35.5. The average Bonchev–Trinajstić information content (AvgIpc) is 2.68. The standard InChI is InChI=1S/C21H17Cl2N3O4/c1-2-30-21(29)13-10-25-19-11(12(13)9-17(24)27)5-3-8-16(19)26-20(28)18-14(22)6-4-7-15(18)23/h3-8,10H,2,9H2,1H3,(H2,24,27)(H,26,28). The predicted octanol–water partition coefficient (Wildman–Crippen LogP) is 4.00. The number of nitrogens with two attached hydrogens (primary N) is 1. The molecule has 154 valence electrons. The highest BCUT2D eigenvalue weighted by Gasteiger charge is 2.21. The van der Waals surface area contributed by atoms with Gasteiger partial charge in [0.1, 0.15) is 0 Å². The first kappa shape index (κ1) is 21.5. The van der Waals surface area contributed by atoms with Crippen molar-refractivity contribution in [2.75, 3.05) is 11.9 Å². The second-order valence-electron chi connectivity index (χ2n) is 6.27. The molecule has 9 heteroatoms. The van der Waals surface area contributed by atoms with Gasteiger partial charge in [0.05, 0.1) is 45.4 Å². The molecule has 0 saturated heterocycles. The molecular formula is C21H17Cl2N3O4. The van der Waals surface area contributed by atoms with Crippen molar-refractivity contribution in [1.82, 2.24) is 4.98 Å². The fourth-order valence-corrected chi connectivity index (χ4v) is 3.60. The molecule has 1 aromatic heterocycles. The number of ether oxygens (including phenoxy) is 1. The van der Waals surface area contributed by atoms with E-state index in [-0.39, 0.29) is 34.2 Å². The summed E-state index contributed by atoms with van der Waals surface area (Å²) in [6.45, 7) is 1.84. The van der Waals surface area contributed by atoms with Crippen LogP contribution in [-0.2, 0) is 16.0 Å². The van der Waals surface area contributed by atoms with Crippen LogP contribution in [0.3, 0.4) is 0 Å². The number of aromatic nitrogens is 1. The van der Waals surface area contributed by atoms with Crippen molar-refractivity contribution in [3.05, 3.63) is 69.3 Å². The normalized spacial score (nSPS) is 10.6. The van der Waals surface area contributed by atoms with E-state index in [0.29, 0.717) is 22.2 Å². The summed E-state index contributed by atoms with van der Waals surface area (Å²) in [4.78, 5) is 41.0. The zero-order chi connectivity index (χ0) is 21.8. The van der Waals surface area contributed by atoms with Crippen molar-refractivity contribution in [1.29, 1.82) is 0 Å². The number of primary amides is 1. The maximum absolute atomic E-state index is 12.8. The Morgan fingerprint density at radius 2 is 1.77 bits per heavy atom. The number of anilines is 1. The first-order chi connectivity index (χ1) is 14.3. The summed E-state index contributed by atoms with van der Waals surface area (Å²) in [5.41, 5.74) is 6.74. The van der Waals surface area contributed by atoms with Gasteiger partial charge in [0, 0.05) is 11.6 Å². The molecule has 0 aliphatic rings. The molecule has 2 amide bonds. The number of rotatable bonds is 6. The highest BCUT2D eigenvalue weighted by Crippen LogP contribution is 2.30. The fourth-order valence-electron chi connectivity index (χ4n) is 3.03. The predicted molar refractivity (Wildman–Crippen MR) is 115 cm³/mol. The Labute approximate surface area is 182 Å². The maximum atomic E-state index is 12.8. The zero-order valence-corrected chi connectivity index (χ0v) is 17.4. The van der Waals surface area contributed by atoms with Crippen LogP contribution in [0.1, 0.15) is 33.2 Å². The number of amides is 2. The lowest BCUT2D eigenvalue weighted by atomic mass is 9.99. The van der Waals surface area contributed by atoms with Crippen LogP contribution in [-0.4, -0.2) is 29.4 Å². The largest absolute Gasteiger partial charge is 0.462 e. The van der Waals surface area contributed by atoms with Gasteiger partial charge in [-0.15, -0.1) is 0 Å². The van der Waals surface area contributed by atoms with Gasteiger partial charge in [0.15, 0.2) is 0 Å². The molecule has 3 aromatic rings. The number of para-hydroxylation sites is 1. The molecule has 1 heterocycles. The topological polar surface area (TPSA) is 111 Å². The molecule has 0 unspecified atom stereocenters. The smallest absolute Gasteiger partial charge is 0.340 e. The monoisotopic (exact) mass is 445 g/mol. The van der Waals surface area contributed by atoms with Crippen LogP contribution in [0.2, 0.25) is 10.0 Å². The molecule has 0 fully saturated rings. The van der Waals surface area contributed by atoms with Gasteiger partial charge in [-0.1, -0.05) is 41.4 Å². The summed E-state index contributed by atoms with van der Waals surface area (Å²) >= 11 is 12.2. The third kappa shape index (κ3) is 4.37. The summed E-state index contributed by atoms with van der Waals surface area (Å²) < 4.78 is 5.05. The maximum Gasteiger partial charge on any atom is 0.340 e. The van der Waals surface area contributed by atoms with Crippen LogP contribution in [0.5, 0.6) is 0 Å². The van der Waals surface area contributed by atoms with Crippen molar-refractivity contribution in [3.63, 3.8) is 0 Å². The Morgan fingerprint density at radius 1 is 1.10 bits per heavy atom. The number of carbonyl (C=O) groups is 3. The molecule has 7 nitrogen and oxygen atoms in total. The Bertz CT molecular complexity index is 1140. The van der Waals surface area contributed by atoms with Gasteiger partial charge in [-0.3, -0.25) is 14.6 Å². The number of hydrogen-bond acceptors (Lipinski definition) is 5. The summed E-state index contributed by atoms with van der Waals surface area (Å²) in [5, 5.41) is 3.63. The molecule has 0 aliphatic carbocycles. The summed E-state index contributed by atoms with van der Waals surface area (Å²) in [6, 6.07) is 9.72. The minimum atomic E-state index is -0.620. The number of halogens is 2. The second kappa shape index (κ2) is 9.11. The lowest BCUT2D eigenvalue weighted by Gasteiger charge is -2.14. The Kier molecular flexibility index (Phi) is 6.54. The summed E-state index contributed by atoms with van der Waals surface area (Å²) in [6.07, 6.45) is 1.11. The molecule has 0 radical (unpaired) electrons. The molecule has 30 heavy (non-hydrogen) atoms. The van der Waals surface area contributed by atoms with Crippen LogP contribution in [0.25, 0.3) is 10.9 Å². The first-order valence-electron chi connectivity index (χ1n) is 8.94. The molecular weight excluding hydrogens is 429 g/mol. The molecule has 0 bridgehead atoms. The number of carbonyl (C=O) groups excluding carboxylic acids is 3. The van der Waals surface area contributed by atoms with E-state index >= 15 is 0 Å². The van der Waals surface area contributed by atoms with Crippen molar-refractivity contribution in [3.8, 4) is 0 Å². The van der Waals surface area contributed by atoms with Crippen molar-refractivity contribution in [2.24, 2.45) is 5.73 Å². The lowest BCUT2D eigenvalue weighted by Crippen LogP contribution is -2.18. The number of pyridine rings is 1. The fraction of sp³-hybridized carbons (Fsp3) is 0.143. The van der Waals surface area contributed by atoms with Gasteiger partial charge in [-0.25, -0.2) is 4.79 Å². The molecule has 3 N–H and O–H groups in total. The number of benzene rings is 2. The van der Waals surface area contributed by atoms with Gasteiger partial charge in [0.25, 0.3) is 5.91 Å². The van der Waals surface area contributed by atoms with Gasteiger partial charge in [-0.05, 0) is 30.7 Å². The van der Waals surface area contributed by atoms with Crippen LogP contribution >= 0.6 is 23.2 Å². The Balaban J connectivity index is 2.10. The molecule has 0 aliphatic heterocycles. The van der Waals surface area contributed by atoms with E-state index in [1.54, 1.807) is 43.3 Å². The molecule has 3 rings (SSSR count). The third-order valence-electron chi connectivity index (χ3n) is 4.29. The van der Waals surface area contributed by atoms with Crippen molar-refractivity contribution < 1.29 is 19.1 Å². The number of nitrogens with one attached hydrogen (secondary N) is 1. The minimum Gasteiger partial charge on any atom is -0.462 e. The van der Waals surface area contributed by atoms with Crippen LogP contribution < -0.4 is 11.1 Å². The van der Waals surface area contributed by atoms with Gasteiger partial charge in [0.2, 0.25) is 5.91 Å². The van der Waals surface area contributed by atoms with E-state index in [0.717, 1.165) is 0 Å². The lowest BCUT2D eigenvalue weighted by molar-refractivity contribution is -0.117. The molecule has 2 aromatic carbocycles. The van der Waals surface area contributed by atoms with Gasteiger partial charge < -0.3 is 15.8 Å². The van der Waals surface area contributed by atoms with Crippen LogP contribution in [0.15, 0.2) is 42.6 Å². The number of esters is 1. The highest BCUT2D eigenvalue weighted by molar-refractivity contribution is 6.40. The van der Waals surface area contributed by atoms with Crippen LogP contribution in [0, 0.1) is 0 Å². The van der Waals surface area contributed by atoms with E-state index in [1.165, 1.54) is 6.20 Å². The van der Waals surface area contributed by atoms with E-state index < -0.39 is 17.8 Å². The van der Waals surface area contributed by atoms with Crippen molar-refractivity contribution in [2.45, 2.75) is 13.3 Å². The van der Waals surface area contributed by atoms with Gasteiger partial charge in [-0.2, -0.15) is 0 Å². The first-order valence-corrected chi connectivity index (χ1v) is 9.70. The van der Waals surface area contributed by atoms with Gasteiger partial charge >= 0.3 is 5.97 Å². The van der Waals surface area contributed by atoms with E-state index in [4.69, 9.17) is 33.7 Å². The Morgan fingerprint density at radius 3 is 2.40 bits per heavy atom. The average molecular weight is 446 g/mol. The van der Waals surface area contributed by atoms with Crippen LogP contribution in [0.4, 0.5) is 5.69 Å². The minimum absolute atomic E-state index is 0.123. The van der Waals surface area contributed by atoms with E-state index in [1.807, 2.05) is 0 Å². The number of nitrogens with zero attached hydrogens (tertiary/aromatic N) is 1. The zero-order valence-electron chi connectivity index (χ0n) is 15.9. The summed E-state index contributed by atoms with van der Waals surface area (Å²) in [5.74, 6) is -1.75. The number of fused-ring (bicyclic) bond motifs is 1. The van der Waals surface area contributed by atoms with E-state index in [2.05, 4.69) is 10.3 Å². The molecule has 0 atom stereocenters.